The van der Waals surface area contributed by atoms with Gasteiger partial charge in [0, 0.05) is 0 Å². The van der Waals surface area contributed by atoms with E-state index in [-0.39, 0.29) is 0 Å². The molecule has 0 unspecified atom stereocenters. The van der Waals surface area contributed by atoms with Crippen LogP contribution in [0.15, 0.2) is 18.2 Å². The summed E-state index contributed by atoms with van der Waals surface area (Å²) in [4.78, 5) is 0. The summed E-state index contributed by atoms with van der Waals surface area (Å²) >= 11 is 0. The first-order valence-electron chi connectivity index (χ1n) is 6.05. The number of fused-ring (bicyclic) bond motifs is 1. The van der Waals surface area contributed by atoms with Gasteiger partial charge in [0.1, 0.15) is 0 Å². The molecule has 0 aliphatic heterocycles. The maximum absolute atomic E-state index is 2.50. The topological polar surface area (TPSA) is 0 Å². The highest BCUT2D eigenvalue weighted by atomic mass is 14.3. The number of hydrogen-bond donors (Lipinski definition) is 0. The third-order valence-electron chi connectivity index (χ3n) is 3.95. The molecule has 1 aromatic rings. The zero-order valence-corrected chi connectivity index (χ0v) is 8.76. The van der Waals surface area contributed by atoms with Gasteiger partial charge < -0.3 is 0 Å². The fraction of sp³-hybridized carbons (Fsp3) is 0.571. The van der Waals surface area contributed by atoms with Crippen LogP contribution in [0.3, 0.4) is 0 Å². The fourth-order valence-electron chi connectivity index (χ4n) is 2.75. The standard InChI is InChI=1S/C14H18/c1-2-5-13-10-14(11-6-3-7-11)9-8-12(13)4-1/h8-11H,1-7H2. The van der Waals surface area contributed by atoms with Crippen molar-refractivity contribution in [3.8, 4) is 0 Å². The van der Waals surface area contributed by atoms with E-state index in [1.54, 1.807) is 16.7 Å². The number of rotatable bonds is 1. The van der Waals surface area contributed by atoms with Crippen molar-refractivity contribution in [2.75, 3.05) is 0 Å². The summed E-state index contributed by atoms with van der Waals surface area (Å²) in [6.07, 6.45) is 9.76. The molecule has 0 atom stereocenters. The van der Waals surface area contributed by atoms with Crippen molar-refractivity contribution in [1.82, 2.24) is 0 Å². The van der Waals surface area contributed by atoms with Crippen molar-refractivity contribution < 1.29 is 0 Å². The van der Waals surface area contributed by atoms with Gasteiger partial charge in [-0.25, -0.2) is 0 Å². The highest BCUT2D eigenvalue weighted by molar-refractivity contribution is 5.35. The molecule has 0 heterocycles. The molecule has 0 radical (unpaired) electrons. The molecular formula is C14H18. The first-order chi connectivity index (χ1) is 6.93. The summed E-state index contributed by atoms with van der Waals surface area (Å²) in [5.41, 5.74) is 4.90. The molecule has 0 nitrogen and oxygen atoms in total. The highest BCUT2D eigenvalue weighted by Crippen LogP contribution is 2.37. The molecule has 0 N–H and O–H groups in total. The Kier molecular flexibility index (Phi) is 2.08. The molecule has 0 aromatic heterocycles. The van der Waals surface area contributed by atoms with E-state index in [1.807, 2.05) is 0 Å². The van der Waals surface area contributed by atoms with Gasteiger partial charge in [-0.3, -0.25) is 0 Å². The van der Waals surface area contributed by atoms with Crippen molar-refractivity contribution >= 4 is 0 Å². The fourth-order valence-corrected chi connectivity index (χ4v) is 2.75. The summed E-state index contributed by atoms with van der Waals surface area (Å²) in [6, 6.07) is 7.27. The summed E-state index contributed by atoms with van der Waals surface area (Å²) in [5, 5.41) is 0. The molecule has 74 valence electrons. The lowest BCUT2D eigenvalue weighted by Gasteiger charge is -2.27. The van der Waals surface area contributed by atoms with Crippen LogP contribution < -0.4 is 0 Å². The monoisotopic (exact) mass is 186 g/mol. The SMILES string of the molecule is c1cc2c(cc1C1CCC1)CCCC2. The minimum absolute atomic E-state index is 0.905. The normalized spacial score (nSPS) is 21.4. The summed E-state index contributed by atoms with van der Waals surface area (Å²) in [6.45, 7) is 0. The lowest BCUT2D eigenvalue weighted by atomic mass is 9.78. The van der Waals surface area contributed by atoms with Crippen LogP contribution in [0.25, 0.3) is 0 Å². The van der Waals surface area contributed by atoms with Crippen molar-refractivity contribution in [2.24, 2.45) is 0 Å². The molecule has 3 rings (SSSR count). The summed E-state index contributed by atoms with van der Waals surface area (Å²) < 4.78 is 0. The van der Waals surface area contributed by atoms with Crippen molar-refractivity contribution in [3.63, 3.8) is 0 Å². The van der Waals surface area contributed by atoms with E-state index >= 15 is 0 Å². The molecule has 1 fully saturated rings. The Bertz CT molecular complexity index is 334. The molecule has 14 heavy (non-hydrogen) atoms. The smallest absolute Gasteiger partial charge is 0.0162 e. The molecule has 0 spiro atoms. The minimum atomic E-state index is 0.905. The predicted molar refractivity (Wildman–Crippen MR) is 59.7 cm³/mol. The molecule has 2 aliphatic rings. The number of hydrogen-bond acceptors (Lipinski definition) is 0. The number of benzene rings is 1. The summed E-state index contributed by atoms with van der Waals surface area (Å²) in [7, 11) is 0. The van der Waals surface area contributed by atoms with Gasteiger partial charge in [-0.1, -0.05) is 24.6 Å². The van der Waals surface area contributed by atoms with Crippen LogP contribution in [0.4, 0.5) is 0 Å². The van der Waals surface area contributed by atoms with Crippen LogP contribution in [0, 0.1) is 0 Å². The Hall–Kier alpha value is -0.780. The first kappa shape index (κ1) is 8.52. The average molecular weight is 186 g/mol. The van der Waals surface area contributed by atoms with E-state index in [0.717, 1.165) is 5.92 Å². The molecule has 1 aromatic carbocycles. The van der Waals surface area contributed by atoms with Gasteiger partial charge >= 0.3 is 0 Å². The van der Waals surface area contributed by atoms with Crippen LogP contribution in [0.2, 0.25) is 0 Å². The number of aryl methyl sites for hydroxylation is 2. The predicted octanol–water partition coefficient (Wildman–Crippen LogP) is 3.83. The second-order valence-corrected chi connectivity index (χ2v) is 4.86. The van der Waals surface area contributed by atoms with E-state index in [2.05, 4.69) is 18.2 Å². The second kappa shape index (κ2) is 3.42. The zero-order valence-electron chi connectivity index (χ0n) is 8.76. The molecule has 1 saturated carbocycles. The molecule has 0 amide bonds. The van der Waals surface area contributed by atoms with Crippen molar-refractivity contribution in [1.29, 1.82) is 0 Å². The Balaban J connectivity index is 1.92. The molecule has 0 heteroatoms. The third kappa shape index (κ3) is 1.37. The lowest BCUT2D eigenvalue weighted by Crippen LogP contribution is -2.10. The van der Waals surface area contributed by atoms with Crippen LogP contribution in [0.5, 0.6) is 0 Å². The van der Waals surface area contributed by atoms with Crippen LogP contribution in [-0.4, -0.2) is 0 Å². The lowest BCUT2D eigenvalue weighted by molar-refractivity contribution is 0.419. The third-order valence-corrected chi connectivity index (χ3v) is 3.95. The van der Waals surface area contributed by atoms with Gasteiger partial charge in [-0.05, 0) is 61.1 Å². The van der Waals surface area contributed by atoms with Gasteiger partial charge in [0.05, 0.1) is 0 Å². The molecule has 2 aliphatic carbocycles. The van der Waals surface area contributed by atoms with E-state index in [4.69, 9.17) is 0 Å². The maximum atomic E-state index is 2.50. The van der Waals surface area contributed by atoms with E-state index < -0.39 is 0 Å². The maximum Gasteiger partial charge on any atom is -0.0162 e. The van der Waals surface area contributed by atoms with Crippen molar-refractivity contribution in [3.05, 3.63) is 34.9 Å². The highest BCUT2D eigenvalue weighted by Gasteiger charge is 2.20. The van der Waals surface area contributed by atoms with Gasteiger partial charge in [-0.2, -0.15) is 0 Å². The van der Waals surface area contributed by atoms with Crippen LogP contribution in [-0.2, 0) is 12.8 Å². The van der Waals surface area contributed by atoms with Crippen LogP contribution in [0.1, 0.15) is 54.7 Å². The Morgan fingerprint density at radius 3 is 2.36 bits per heavy atom. The summed E-state index contributed by atoms with van der Waals surface area (Å²) in [5.74, 6) is 0.905. The Labute approximate surface area is 86.3 Å². The van der Waals surface area contributed by atoms with E-state index in [1.165, 1.54) is 44.9 Å². The van der Waals surface area contributed by atoms with Crippen molar-refractivity contribution in [2.45, 2.75) is 50.9 Å². The quantitative estimate of drug-likeness (QED) is 0.625. The van der Waals surface area contributed by atoms with Gasteiger partial charge in [0.25, 0.3) is 0 Å². The van der Waals surface area contributed by atoms with E-state index in [9.17, 15) is 0 Å². The van der Waals surface area contributed by atoms with Crippen LogP contribution >= 0.6 is 0 Å². The minimum Gasteiger partial charge on any atom is -0.0585 e. The first-order valence-corrected chi connectivity index (χ1v) is 6.05. The Morgan fingerprint density at radius 1 is 0.857 bits per heavy atom. The molecular weight excluding hydrogens is 168 g/mol. The van der Waals surface area contributed by atoms with E-state index in [0.29, 0.717) is 0 Å². The zero-order chi connectivity index (χ0) is 9.38. The van der Waals surface area contributed by atoms with Gasteiger partial charge in [0.15, 0.2) is 0 Å². The second-order valence-electron chi connectivity index (χ2n) is 4.86. The Morgan fingerprint density at radius 2 is 1.64 bits per heavy atom. The average Bonchev–Trinajstić information content (AvgIpc) is 2.15. The van der Waals surface area contributed by atoms with Gasteiger partial charge in [-0.15, -0.1) is 0 Å². The molecule has 0 bridgehead atoms. The largest absolute Gasteiger partial charge is 0.0585 e. The molecule has 0 saturated heterocycles. The van der Waals surface area contributed by atoms with Gasteiger partial charge in [0.2, 0.25) is 0 Å².